The van der Waals surface area contributed by atoms with E-state index in [0.29, 0.717) is 58.5 Å². The van der Waals surface area contributed by atoms with Gasteiger partial charge >= 0.3 is 0 Å². The van der Waals surface area contributed by atoms with Crippen molar-refractivity contribution in [3.63, 3.8) is 0 Å². The Labute approximate surface area is 259 Å². The molecule has 1 aliphatic heterocycles. The monoisotopic (exact) mass is 597 g/mol. The third-order valence-corrected chi connectivity index (χ3v) is 8.52. The van der Waals surface area contributed by atoms with Gasteiger partial charge in [-0.3, -0.25) is 9.59 Å². The molecule has 0 spiro atoms. The maximum atomic E-state index is 13.1. The summed E-state index contributed by atoms with van der Waals surface area (Å²) in [6.07, 6.45) is 15.6. The van der Waals surface area contributed by atoms with Crippen LogP contribution in [0.5, 0.6) is 0 Å². The molecule has 7 heteroatoms. The van der Waals surface area contributed by atoms with Gasteiger partial charge < -0.3 is 24.4 Å². The Morgan fingerprint density at radius 2 is 1.24 bits per heavy atom. The number of rotatable bonds is 27. The molecule has 248 valence electrons. The van der Waals surface area contributed by atoms with E-state index in [1.807, 2.05) is 4.90 Å². The van der Waals surface area contributed by atoms with Crippen molar-refractivity contribution in [1.82, 2.24) is 10.2 Å². The molecule has 42 heavy (non-hydrogen) atoms. The Morgan fingerprint density at radius 1 is 0.714 bits per heavy atom. The lowest BCUT2D eigenvalue weighted by Crippen LogP contribution is -2.46. The molecular formula is C35H68N2O5. The number of carbonyl (C=O) groups is 2. The van der Waals surface area contributed by atoms with Crippen LogP contribution in [0.1, 0.15) is 131 Å². The van der Waals surface area contributed by atoms with Crippen molar-refractivity contribution in [2.24, 2.45) is 23.7 Å². The molecule has 1 aliphatic rings. The number of hydrogen-bond acceptors (Lipinski definition) is 5. The van der Waals surface area contributed by atoms with Gasteiger partial charge in [-0.25, -0.2) is 0 Å². The Balaban J connectivity index is 2.12. The average Bonchev–Trinajstić information content (AvgIpc) is 3.44. The molecule has 0 saturated carbocycles. The second-order valence-electron chi connectivity index (χ2n) is 13.4. The SMILES string of the molecule is CCCOCCOCCOCCCNC(=O)C1CCCN1C(=O)CC(C)CCCC(C)CCCC(C)CCCC(C)C. The fraction of sp³-hybridized carbons (Fsp3) is 0.943. The normalized spacial score (nSPS) is 17.5. The summed E-state index contributed by atoms with van der Waals surface area (Å²) in [4.78, 5) is 27.7. The summed E-state index contributed by atoms with van der Waals surface area (Å²) in [5.41, 5.74) is 0. The molecule has 0 aromatic rings. The maximum Gasteiger partial charge on any atom is 0.242 e. The first-order chi connectivity index (χ1) is 20.2. The van der Waals surface area contributed by atoms with Gasteiger partial charge in [-0.15, -0.1) is 0 Å². The van der Waals surface area contributed by atoms with Crippen molar-refractivity contribution >= 4 is 11.8 Å². The largest absolute Gasteiger partial charge is 0.379 e. The van der Waals surface area contributed by atoms with Crippen molar-refractivity contribution in [3.05, 3.63) is 0 Å². The number of nitrogens with zero attached hydrogens (tertiary/aromatic N) is 1. The highest BCUT2D eigenvalue weighted by Crippen LogP contribution is 2.24. The van der Waals surface area contributed by atoms with Crippen LogP contribution in [0, 0.1) is 23.7 Å². The minimum Gasteiger partial charge on any atom is -0.379 e. The number of nitrogens with one attached hydrogen (secondary N) is 1. The molecule has 1 fully saturated rings. The number of amides is 2. The van der Waals surface area contributed by atoms with E-state index < -0.39 is 0 Å². The van der Waals surface area contributed by atoms with E-state index in [-0.39, 0.29) is 17.9 Å². The summed E-state index contributed by atoms with van der Waals surface area (Å²) < 4.78 is 16.4. The predicted molar refractivity (Wildman–Crippen MR) is 174 cm³/mol. The van der Waals surface area contributed by atoms with E-state index >= 15 is 0 Å². The topological polar surface area (TPSA) is 77.1 Å². The minimum absolute atomic E-state index is 0.0213. The zero-order chi connectivity index (χ0) is 31.0. The summed E-state index contributed by atoms with van der Waals surface area (Å²) in [6.45, 7) is 18.6. The molecule has 0 aliphatic carbocycles. The molecule has 4 unspecified atom stereocenters. The summed E-state index contributed by atoms with van der Waals surface area (Å²) in [7, 11) is 0. The lowest BCUT2D eigenvalue weighted by atomic mass is 9.90. The molecule has 0 radical (unpaired) electrons. The highest BCUT2D eigenvalue weighted by atomic mass is 16.5. The first-order valence-electron chi connectivity index (χ1n) is 17.5. The number of ether oxygens (including phenoxy) is 3. The molecule has 0 aromatic heterocycles. The Bertz CT molecular complexity index is 674. The molecule has 7 nitrogen and oxygen atoms in total. The average molecular weight is 597 g/mol. The van der Waals surface area contributed by atoms with E-state index in [4.69, 9.17) is 14.2 Å². The van der Waals surface area contributed by atoms with E-state index in [1.165, 1.54) is 51.4 Å². The van der Waals surface area contributed by atoms with Gasteiger partial charge in [0.05, 0.1) is 26.4 Å². The van der Waals surface area contributed by atoms with Crippen LogP contribution >= 0.6 is 0 Å². The first-order valence-corrected chi connectivity index (χ1v) is 17.5. The van der Waals surface area contributed by atoms with Crippen molar-refractivity contribution in [1.29, 1.82) is 0 Å². The maximum absolute atomic E-state index is 13.1. The van der Waals surface area contributed by atoms with Crippen LogP contribution in [0.2, 0.25) is 0 Å². The Kier molecular flexibility index (Phi) is 23.3. The lowest BCUT2D eigenvalue weighted by Gasteiger charge is -2.25. The first kappa shape index (κ1) is 38.8. The summed E-state index contributed by atoms with van der Waals surface area (Å²) in [5.74, 6) is 2.92. The fourth-order valence-corrected chi connectivity index (χ4v) is 5.84. The highest BCUT2D eigenvalue weighted by Gasteiger charge is 2.34. The molecule has 4 atom stereocenters. The van der Waals surface area contributed by atoms with Crippen LogP contribution in [0.15, 0.2) is 0 Å². The Hall–Kier alpha value is -1.18. The van der Waals surface area contributed by atoms with Crippen LogP contribution in [-0.2, 0) is 23.8 Å². The highest BCUT2D eigenvalue weighted by molar-refractivity contribution is 5.88. The second-order valence-corrected chi connectivity index (χ2v) is 13.4. The van der Waals surface area contributed by atoms with E-state index in [9.17, 15) is 9.59 Å². The molecule has 1 heterocycles. The molecule has 0 aromatic carbocycles. The lowest BCUT2D eigenvalue weighted by molar-refractivity contribution is -0.139. The van der Waals surface area contributed by atoms with Gasteiger partial charge in [-0.1, -0.05) is 99.3 Å². The summed E-state index contributed by atoms with van der Waals surface area (Å²) >= 11 is 0. The zero-order valence-corrected chi connectivity index (χ0v) is 28.4. The van der Waals surface area contributed by atoms with Crippen LogP contribution in [0.3, 0.4) is 0 Å². The zero-order valence-electron chi connectivity index (χ0n) is 28.4. The van der Waals surface area contributed by atoms with Crippen LogP contribution in [-0.4, -0.2) is 75.5 Å². The van der Waals surface area contributed by atoms with E-state index in [0.717, 1.165) is 56.5 Å². The predicted octanol–water partition coefficient (Wildman–Crippen LogP) is 7.41. The van der Waals surface area contributed by atoms with Gasteiger partial charge in [0.25, 0.3) is 0 Å². The van der Waals surface area contributed by atoms with E-state index in [2.05, 4.69) is 46.9 Å². The smallest absolute Gasteiger partial charge is 0.242 e. The van der Waals surface area contributed by atoms with Gasteiger partial charge in [0.1, 0.15) is 6.04 Å². The van der Waals surface area contributed by atoms with Crippen molar-refractivity contribution in [2.75, 3.05) is 52.7 Å². The number of carbonyl (C=O) groups excluding carboxylic acids is 2. The third-order valence-electron chi connectivity index (χ3n) is 8.52. The van der Waals surface area contributed by atoms with Crippen molar-refractivity contribution < 1.29 is 23.8 Å². The van der Waals surface area contributed by atoms with Gasteiger partial charge in [-0.2, -0.15) is 0 Å². The van der Waals surface area contributed by atoms with Crippen LogP contribution < -0.4 is 5.32 Å². The molecule has 2 amide bonds. The molecule has 1 saturated heterocycles. The molecule has 0 bridgehead atoms. The molecule has 1 N–H and O–H groups in total. The Morgan fingerprint density at radius 3 is 1.81 bits per heavy atom. The van der Waals surface area contributed by atoms with Crippen LogP contribution in [0.25, 0.3) is 0 Å². The number of likely N-dealkylation sites (tertiary alicyclic amines) is 1. The fourth-order valence-electron chi connectivity index (χ4n) is 5.84. The van der Waals surface area contributed by atoms with Gasteiger partial charge in [-0.05, 0) is 49.4 Å². The minimum atomic E-state index is -0.318. The van der Waals surface area contributed by atoms with Gasteiger partial charge in [0.15, 0.2) is 0 Å². The quantitative estimate of drug-likeness (QED) is 0.1000. The van der Waals surface area contributed by atoms with Crippen molar-refractivity contribution in [2.45, 2.75) is 137 Å². The van der Waals surface area contributed by atoms with Gasteiger partial charge in [0.2, 0.25) is 11.8 Å². The third kappa shape index (κ3) is 19.9. The standard InChI is InChI=1S/C35H68N2O5/c1-7-22-40-24-26-42-27-25-41-23-12-20-36-35(39)33-19-11-21-37(33)34(38)28-32(6)18-10-17-31(5)16-9-15-30(4)14-8-13-29(2)3/h29-33H,7-28H2,1-6H3,(H,36,39). The molecule has 1 rings (SSSR count). The summed E-state index contributed by atoms with van der Waals surface area (Å²) in [6, 6.07) is -0.318. The van der Waals surface area contributed by atoms with Gasteiger partial charge in [0, 0.05) is 32.7 Å². The van der Waals surface area contributed by atoms with Crippen molar-refractivity contribution in [3.8, 4) is 0 Å². The molecular weight excluding hydrogens is 528 g/mol. The number of hydrogen-bond donors (Lipinski definition) is 1. The van der Waals surface area contributed by atoms with E-state index in [1.54, 1.807) is 0 Å². The van der Waals surface area contributed by atoms with Crippen LogP contribution in [0.4, 0.5) is 0 Å². The summed E-state index contributed by atoms with van der Waals surface area (Å²) in [5, 5.41) is 3.02. The second kappa shape index (κ2) is 25.2.